The van der Waals surface area contributed by atoms with Crippen LogP contribution in [0.25, 0.3) is 0 Å². The number of imidazole rings is 1. The number of pyridine rings is 1. The quantitative estimate of drug-likeness (QED) is 0.657. The fraction of sp³-hybridized carbons (Fsp3) is 0.286. The molecule has 0 aliphatic carbocycles. The van der Waals surface area contributed by atoms with E-state index in [-0.39, 0.29) is 11.9 Å². The van der Waals surface area contributed by atoms with Gasteiger partial charge in [0.25, 0.3) is 5.91 Å². The Hall–Kier alpha value is -2.95. The number of carbonyl (C=O) groups is 1. The maximum absolute atomic E-state index is 13.1. The summed E-state index contributed by atoms with van der Waals surface area (Å²) >= 11 is 0. The predicted molar refractivity (Wildman–Crippen MR) is 102 cm³/mol. The average Bonchev–Trinajstić information content (AvgIpc) is 3.10. The van der Waals surface area contributed by atoms with Crippen LogP contribution in [0.2, 0.25) is 0 Å². The van der Waals surface area contributed by atoms with Crippen LogP contribution < -0.4 is 0 Å². The molecule has 2 heterocycles. The van der Waals surface area contributed by atoms with Gasteiger partial charge in [-0.2, -0.15) is 0 Å². The first-order valence-corrected chi connectivity index (χ1v) is 8.87. The van der Waals surface area contributed by atoms with Crippen molar-refractivity contribution in [2.45, 2.75) is 32.4 Å². The lowest BCUT2D eigenvalue weighted by Crippen LogP contribution is -2.39. The summed E-state index contributed by atoms with van der Waals surface area (Å²) in [6.45, 7) is 2.56. The number of carbonyl (C=O) groups excluding carboxylic acids is 1. The molecule has 0 spiro atoms. The largest absolute Gasteiger partial charge is 0.337 e. The SMILES string of the molecule is CC(CCc1ccccc1)N(Cc1nccn1C)C(=O)c1ccccn1. The van der Waals surface area contributed by atoms with E-state index in [9.17, 15) is 4.79 Å². The Morgan fingerprint density at radius 1 is 1.08 bits per heavy atom. The maximum Gasteiger partial charge on any atom is 0.273 e. The molecule has 0 N–H and O–H groups in total. The molecule has 0 bridgehead atoms. The molecule has 1 atom stereocenters. The van der Waals surface area contributed by atoms with Crippen molar-refractivity contribution < 1.29 is 4.79 Å². The van der Waals surface area contributed by atoms with E-state index >= 15 is 0 Å². The zero-order valence-corrected chi connectivity index (χ0v) is 15.2. The molecule has 0 radical (unpaired) electrons. The van der Waals surface area contributed by atoms with Gasteiger partial charge in [-0.1, -0.05) is 36.4 Å². The summed E-state index contributed by atoms with van der Waals surface area (Å²) in [6.07, 6.45) is 7.11. The zero-order chi connectivity index (χ0) is 18.4. The van der Waals surface area contributed by atoms with E-state index in [0.717, 1.165) is 18.7 Å². The summed E-state index contributed by atoms with van der Waals surface area (Å²) in [5.41, 5.74) is 1.75. The third kappa shape index (κ3) is 4.36. The standard InChI is InChI=1S/C21H24N4O/c1-17(11-12-18-8-4-3-5-9-18)25(16-20-23-14-15-24(20)2)21(26)19-10-6-7-13-22-19/h3-10,13-15,17H,11-12,16H2,1-2H3. The van der Waals surface area contributed by atoms with Crippen molar-refractivity contribution in [3.8, 4) is 0 Å². The highest BCUT2D eigenvalue weighted by molar-refractivity contribution is 5.92. The summed E-state index contributed by atoms with van der Waals surface area (Å²) < 4.78 is 1.95. The van der Waals surface area contributed by atoms with Gasteiger partial charge in [-0.25, -0.2) is 4.98 Å². The predicted octanol–water partition coefficient (Wildman–Crippen LogP) is 3.48. The normalized spacial score (nSPS) is 11.9. The van der Waals surface area contributed by atoms with Gasteiger partial charge in [0.2, 0.25) is 0 Å². The van der Waals surface area contributed by atoms with Crippen LogP contribution in [-0.4, -0.2) is 31.4 Å². The van der Waals surface area contributed by atoms with Crippen LogP contribution in [0.15, 0.2) is 67.1 Å². The Balaban J connectivity index is 1.77. The van der Waals surface area contributed by atoms with Crippen molar-refractivity contribution >= 4 is 5.91 Å². The molecule has 0 saturated carbocycles. The summed E-state index contributed by atoms with van der Waals surface area (Å²) in [6, 6.07) is 15.8. The minimum absolute atomic E-state index is 0.0610. The van der Waals surface area contributed by atoms with Crippen LogP contribution in [-0.2, 0) is 20.0 Å². The van der Waals surface area contributed by atoms with Crippen LogP contribution >= 0.6 is 0 Å². The topological polar surface area (TPSA) is 51.0 Å². The van der Waals surface area contributed by atoms with Crippen LogP contribution in [0.1, 0.15) is 35.2 Å². The second kappa shape index (κ2) is 8.43. The lowest BCUT2D eigenvalue weighted by molar-refractivity contribution is 0.0654. The first-order chi connectivity index (χ1) is 12.6. The number of benzene rings is 1. The Kier molecular flexibility index (Phi) is 5.79. The highest BCUT2D eigenvalue weighted by atomic mass is 16.2. The van der Waals surface area contributed by atoms with E-state index in [1.165, 1.54) is 5.56 Å². The molecule has 1 aromatic carbocycles. The van der Waals surface area contributed by atoms with E-state index in [2.05, 4.69) is 29.0 Å². The fourth-order valence-corrected chi connectivity index (χ4v) is 2.94. The first-order valence-electron chi connectivity index (χ1n) is 8.87. The molecule has 0 fully saturated rings. The van der Waals surface area contributed by atoms with Crippen molar-refractivity contribution in [1.82, 2.24) is 19.4 Å². The number of nitrogens with zero attached hydrogens (tertiary/aromatic N) is 4. The van der Waals surface area contributed by atoms with E-state index in [4.69, 9.17) is 0 Å². The molecule has 3 rings (SSSR count). The maximum atomic E-state index is 13.1. The van der Waals surface area contributed by atoms with Gasteiger partial charge < -0.3 is 9.47 Å². The second-order valence-corrected chi connectivity index (χ2v) is 6.48. The average molecular weight is 348 g/mol. The van der Waals surface area contributed by atoms with Gasteiger partial charge in [0.15, 0.2) is 0 Å². The minimum Gasteiger partial charge on any atom is -0.337 e. The third-order valence-corrected chi connectivity index (χ3v) is 4.60. The van der Waals surface area contributed by atoms with Crippen molar-refractivity contribution in [3.05, 3.63) is 84.2 Å². The lowest BCUT2D eigenvalue weighted by atomic mass is 10.0. The fourth-order valence-electron chi connectivity index (χ4n) is 2.94. The number of hydrogen-bond acceptors (Lipinski definition) is 3. The van der Waals surface area contributed by atoms with Crippen LogP contribution in [0.5, 0.6) is 0 Å². The van der Waals surface area contributed by atoms with Gasteiger partial charge in [-0.3, -0.25) is 9.78 Å². The highest BCUT2D eigenvalue weighted by Gasteiger charge is 2.24. The van der Waals surface area contributed by atoms with Crippen LogP contribution in [0.3, 0.4) is 0 Å². The van der Waals surface area contributed by atoms with Crippen molar-refractivity contribution in [2.24, 2.45) is 7.05 Å². The first kappa shape index (κ1) is 17.9. The summed E-state index contributed by atoms with van der Waals surface area (Å²) in [5, 5.41) is 0. The molecule has 5 nitrogen and oxygen atoms in total. The molecule has 2 aromatic heterocycles. The molecular weight excluding hydrogens is 324 g/mol. The van der Waals surface area contributed by atoms with E-state index in [1.54, 1.807) is 18.5 Å². The molecule has 1 unspecified atom stereocenters. The smallest absolute Gasteiger partial charge is 0.273 e. The molecule has 5 heteroatoms. The van der Waals surface area contributed by atoms with Gasteiger partial charge in [0, 0.05) is 31.7 Å². The highest BCUT2D eigenvalue weighted by Crippen LogP contribution is 2.16. The van der Waals surface area contributed by atoms with Crippen LogP contribution in [0.4, 0.5) is 0 Å². The van der Waals surface area contributed by atoms with Gasteiger partial charge in [-0.15, -0.1) is 0 Å². The number of rotatable bonds is 7. The van der Waals surface area contributed by atoms with Gasteiger partial charge in [0.05, 0.1) is 6.54 Å². The number of aromatic nitrogens is 3. The van der Waals surface area contributed by atoms with Crippen LogP contribution in [0, 0.1) is 0 Å². The molecule has 134 valence electrons. The van der Waals surface area contributed by atoms with E-state index < -0.39 is 0 Å². The molecule has 0 saturated heterocycles. The monoisotopic (exact) mass is 348 g/mol. The molecule has 0 aliphatic heterocycles. The molecule has 1 amide bonds. The Bertz CT molecular complexity index is 829. The lowest BCUT2D eigenvalue weighted by Gasteiger charge is -2.29. The third-order valence-electron chi connectivity index (χ3n) is 4.60. The van der Waals surface area contributed by atoms with E-state index in [0.29, 0.717) is 12.2 Å². The number of hydrogen-bond donors (Lipinski definition) is 0. The second-order valence-electron chi connectivity index (χ2n) is 6.48. The van der Waals surface area contributed by atoms with Gasteiger partial charge in [0.1, 0.15) is 11.5 Å². The van der Waals surface area contributed by atoms with Crippen molar-refractivity contribution in [1.29, 1.82) is 0 Å². The molecule has 3 aromatic rings. The van der Waals surface area contributed by atoms with Gasteiger partial charge in [-0.05, 0) is 37.5 Å². The number of amides is 1. The Morgan fingerprint density at radius 2 is 1.85 bits per heavy atom. The molecule has 0 aliphatic rings. The van der Waals surface area contributed by atoms with Crippen molar-refractivity contribution in [3.63, 3.8) is 0 Å². The zero-order valence-electron chi connectivity index (χ0n) is 15.2. The summed E-state index contributed by atoms with van der Waals surface area (Å²) in [5.74, 6) is 0.801. The summed E-state index contributed by atoms with van der Waals surface area (Å²) in [7, 11) is 1.94. The Labute approximate surface area is 154 Å². The van der Waals surface area contributed by atoms with E-state index in [1.807, 2.05) is 53.0 Å². The Morgan fingerprint density at radius 3 is 2.50 bits per heavy atom. The minimum atomic E-state index is -0.0610. The van der Waals surface area contributed by atoms with Gasteiger partial charge >= 0.3 is 0 Å². The molecule has 26 heavy (non-hydrogen) atoms. The summed E-state index contributed by atoms with van der Waals surface area (Å²) in [4.78, 5) is 23.5. The molecular formula is C21H24N4O. The number of aryl methyl sites for hydroxylation is 2. The van der Waals surface area contributed by atoms with Crippen molar-refractivity contribution in [2.75, 3.05) is 0 Å².